The van der Waals surface area contributed by atoms with Crippen molar-refractivity contribution in [3.8, 4) is 5.75 Å². The van der Waals surface area contributed by atoms with E-state index in [1.165, 1.54) is 0 Å². The Hall–Kier alpha value is -2.24. The Bertz CT molecular complexity index is 536. The number of carbonyl (C=O) groups is 2. The van der Waals surface area contributed by atoms with Gasteiger partial charge in [0.2, 0.25) is 5.91 Å². The molecule has 2 amide bonds. The van der Waals surface area contributed by atoms with E-state index in [2.05, 4.69) is 5.32 Å². The predicted molar refractivity (Wildman–Crippen MR) is 91.1 cm³/mol. The van der Waals surface area contributed by atoms with Crippen LogP contribution in [0.2, 0.25) is 0 Å². The van der Waals surface area contributed by atoms with Crippen molar-refractivity contribution in [3.63, 3.8) is 0 Å². The van der Waals surface area contributed by atoms with Crippen LogP contribution in [0.25, 0.3) is 0 Å². The van der Waals surface area contributed by atoms with Crippen molar-refractivity contribution in [2.75, 3.05) is 26.3 Å². The normalized spacial score (nSPS) is 15.0. The lowest BCUT2D eigenvalue weighted by Crippen LogP contribution is -2.47. The van der Waals surface area contributed by atoms with Gasteiger partial charge >= 0.3 is 6.09 Å². The summed E-state index contributed by atoms with van der Waals surface area (Å²) in [6, 6.07) is 7.70. The molecule has 0 bridgehead atoms. The number of carbonyl (C=O) groups excluding carboxylic acids is 2. The van der Waals surface area contributed by atoms with Gasteiger partial charge in [-0.3, -0.25) is 4.79 Å². The Labute approximate surface area is 143 Å². The predicted octanol–water partition coefficient (Wildman–Crippen LogP) is 2.36. The van der Waals surface area contributed by atoms with Crippen LogP contribution in [0, 0.1) is 0 Å². The zero-order valence-corrected chi connectivity index (χ0v) is 14.4. The molecule has 24 heavy (non-hydrogen) atoms. The minimum atomic E-state index is -0.267. The molecule has 1 aromatic carbocycles. The quantitative estimate of drug-likeness (QED) is 0.867. The van der Waals surface area contributed by atoms with Gasteiger partial charge in [-0.1, -0.05) is 12.1 Å². The maximum absolute atomic E-state index is 12.2. The standard InChI is InChI=1S/C18H26N2O4/c1-3-23-16-7-5-14(6-8-16)13-17(21)19-15-9-11-20(12-10-15)18(22)24-4-2/h5-8,15H,3-4,9-13H2,1-2H3,(H,19,21). The molecule has 0 aromatic heterocycles. The first-order chi connectivity index (χ1) is 11.6. The number of benzene rings is 1. The highest BCUT2D eigenvalue weighted by molar-refractivity contribution is 5.79. The van der Waals surface area contributed by atoms with Gasteiger partial charge in [-0.25, -0.2) is 4.79 Å². The Morgan fingerprint density at radius 3 is 2.38 bits per heavy atom. The molecule has 1 fully saturated rings. The molecule has 1 aromatic rings. The largest absolute Gasteiger partial charge is 0.494 e. The molecule has 2 rings (SSSR count). The minimum Gasteiger partial charge on any atom is -0.494 e. The monoisotopic (exact) mass is 334 g/mol. The Morgan fingerprint density at radius 1 is 1.12 bits per heavy atom. The van der Waals surface area contributed by atoms with Crippen LogP contribution < -0.4 is 10.1 Å². The van der Waals surface area contributed by atoms with Crippen LogP contribution in [-0.4, -0.2) is 49.2 Å². The fourth-order valence-corrected chi connectivity index (χ4v) is 2.76. The number of amides is 2. The number of nitrogens with one attached hydrogen (secondary N) is 1. The second-order valence-corrected chi connectivity index (χ2v) is 5.78. The van der Waals surface area contributed by atoms with Gasteiger partial charge < -0.3 is 19.7 Å². The molecule has 0 radical (unpaired) electrons. The summed E-state index contributed by atoms with van der Waals surface area (Å²) in [4.78, 5) is 25.5. The fraction of sp³-hybridized carbons (Fsp3) is 0.556. The second kappa shape index (κ2) is 9.15. The van der Waals surface area contributed by atoms with Gasteiger partial charge in [0.1, 0.15) is 5.75 Å². The maximum atomic E-state index is 12.2. The number of hydrogen-bond acceptors (Lipinski definition) is 4. The lowest BCUT2D eigenvalue weighted by molar-refractivity contribution is -0.121. The first kappa shape index (κ1) is 18.1. The van der Waals surface area contributed by atoms with Crippen LogP contribution in [0.4, 0.5) is 4.79 Å². The van der Waals surface area contributed by atoms with E-state index in [9.17, 15) is 9.59 Å². The van der Waals surface area contributed by atoms with Crippen molar-refractivity contribution in [3.05, 3.63) is 29.8 Å². The van der Waals surface area contributed by atoms with Crippen molar-refractivity contribution in [2.45, 2.75) is 39.2 Å². The number of piperidine rings is 1. The topological polar surface area (TPSA) is 67.9 Å². The summed E-state index contributed by atoms with van der Waals surface area (Å²) in [6.45, 7) is 5.99. The third-order valence-electron chi connectivity index (χ3n) is 3.99. The Kier molecular flexibility index (Phi) is 6.90. The van der Waals surface area contributed by atoms with E-state index in [1.54, 1.807) is 11.8 Å². The highest BCUT2D eigenvalue weighted by atomic mass is 16.6. The van der Waals surface area contributed by atoms with E-state index in [0.29, 0.717) is 32.7 Å². The summed E-state index contributed by atoms with van der Waals surface area (Å²) in [7, 11) is 0. The lowest BCUT2D eigenvalue weighted by Gasteiger charge is -2.31. The molecule has 6 heteroatoms. The number of hydrogen-bond donors (Lipinski definition) is 1. The highest BCUT2D eigenvalue weighted by Gasteiger charge is 2.24. The lowest BCUT2D eigenvalue weighted by atomic mass is 10.0. The van der Waals surface area contributed by atoms with Gasteiger partial charge in [-0.15, -0.1) is 0 Å². The number of nitrogens with zero attached hydrogens (tertiary/aromatic N) is 1. The smallest absolute Gasteiger partial charge is 0.409 e. The summed E-state index contributed by atoms with van der Waals surface area (Å²) in [5.41, 5.74) is 0.958. The Balaban J connectivity index is 1.74. The van der Waals surface area contributed by atoms with E-state index in [-0.39, 0.29) is 18.0 Å². The molecule has 0 spiro atoms. The van der Waals surface area contributed by atoms with Gasteiger partial charge in [0.15, 0.2) is 0 Å². The first-order valence-corrected chi connectivity index (χ1v) is 8.55. The van der Waals surface area contributed by atoms with Crippen LogP contribution in [0.3, 0.4) is 0 Å². The summed E-state index contributed by atoms with van der Waals surface area (Å²) in [6.07, 6.45) is 1.60. The molecular formula is C18H26N2O4. The molecular weight excluding hydrogens is 308 g/mol. The molecule has 132 valence electrons. The van der Waals surface area contributed by atoms with Gasteiger partial charge in [0.25, 0.3) is 0 Å². The average Bonchev–Trinajstić information content (AvgIpc) is 2.58. The van der Waals surface area contributed by atoms with Gasteiger partial charge in [-0.05, 0) is 44.4 Å². The zero-order valence-electron chi connectivity index (χ0n) is 14.4. The van der Waals surface area contributed by atoms with Gasteiger partial charge in [0, 0.05) is 19.1 Å². The van der Waals surface area contributed by atoms with E-state index in [1.807, 2.05) is 31.2 Å². The molecule has 1 N–H and O–H groups in total. The van der Waals surface area contributed by atoms with Crippen LogP contribution >= 0.6 is 0 Å². The van der Waals surface area contributed by atoms with E-state index < -0.39 is 0 Å². The molecule has 0 aliphatic carbocycles. The number of ether oxygens (including phenoxy) is 2. The van der Waals surface area contributed by atoms with Crippen molar-refractivity contribution in [2.24, 2.45) is 0 Å². The van der Waals surface area contributed by atoms with Crippen molar-refractivity contribution < 1.29 is 19.1 Å². The van der Waals surface area contributed by atoms with E-state index in [4.69, 9.17) is 9.47 Å². The molecule has 1 aliphatic heterocycles. The summed E-state index contributed by atoms with van der Waals surface area (Å²) >= 11 is 0. The van der Waals surface area contributed by atoms with Crippen molar-refractivity contribution >= 4 is 12.0 Å². The van der Waals surface area contributed by atoms with Crippen LogP contribution in [0.15, 0.2) is 24.3 Å². The summed E-state index contributed by atoms with van der Waals surface area (Å²) < 4.78 is 10.4. The van der Waals surface area contributed by atoms with Crippen molar-refractivity contribution in [1.29, 1.82) is 0 Å². The second-order valence-electron chi connectivity index (χ2n) is 5.78. The van der Waals surface area contributed by atoms with Gasteiger partial charge in [0.05, 0.1) is 19.6 Å². The van der Waals surface area contributed by atoms with Crippen LogP contribution in [-0.2, 0) is 16.0 Å². The third kappa shape index (κ3) is 5.44. The molecule has 1 heterocycles. The summed E-state index contributed by atoms with van der Waals surface area (Å²) in [5.74, 6) is 0.821. The SMILES string of the molecule is CCOC(=O)N1CCC(NC(=O)Cc2ccc(OCC)cc2)CC1. The van der Waals surface area contributed by atoms with E-state index >= 15 is 0 Å². The maximum Gasteiger partial charge on any atom is 0.409 e. The molecule has 0 unspecified atom stereocenters. The Morgan fingerprint density at radius 2 is 1.79 bits per heavy atom. The van der Waals surface area contributed by atoms with Crippen molar-refractivity contribution in [1.82, 2.24) is 10.2 Å². The average molecular weight is 334 g/mol. The van der Waals surface area contributed by atoms with Crippen LogP contribution in [0.5, 0.6) is 5.75 Å². The molecule has 1 aliphatic rings. The number of likely N-dealkylation sites (tertiary alicyclic amines) is 1. The van der Waals surface area contributed by atoms with E-state index in [0.717, 1.165) is 24.2 Å². The zero-order chi connectivity index (χ0) is 17.4. The minimum absolute atomic E-state index is 0.00810. The summed E-state index contributed by atoms with van der Waals surface area (Å²) in [5, 5.41) is 3.05. The van der Waals surface area contributed by atoms with Gasteiger partial charge in [-0.2, -0.15) is 0 Å². The van der Waals surface area contributed by atoms with Crippen LogP contribution in [0.1, 0.15) is 32.3 Å². The molecule has 1 saturated heterocycles. The first-order valence-electron chi connectivity index (χ1n) is 8.55. The highest BCUT2D eigenvalue weighted by Crippen LogP contribution is 2.14. The molecule has 0 atom stereocenters. The molecule has 0 saturated carbocycles. The fourth-order valence-electron chi connectivity index (χ4n) is 2.76. The molecule has 6 nitrogen and oxygen atoms in total. The third-order valence-corrected chi connectivity index (χ3v) is 3.99. The number of rotatable bonds is 6.